The van der Waals surface area contributed by atoms with E-state index in [-0.39, 0.29) is 11.7 Å². The number of pyridine rings is 1. The minimum absolute atomic E-state index is 0.172. The number of benzene rings is 1. The first-order chi connectivity index (χ1) is 12.1. The Morgan fingerprint density at radius 3 is 2.72 bits per heavy atom. The van der Waals surface area contributed by atoms with Crippen molar-refractivity contribution in [2.75, 3.05) is 7.05 Å². The molecule has 0 bridgehead atoms. The molecule has 4 nitrogen and oxygen atoms in total. The van der Waals surface area contributed by atoms with Crippen LogP contribution in [0, 0.1) is 5.82 Å². The summed E-state index contributed by atoms with van der Waals surface area (Å²) < 4.78 is 19.4. The lowest BCUT2D eigenvalue weighted by Gasteiger charge is -2.14. The average Bonchev–Trinajstić information content (AvgIpc) is 3.09. The van der Waals surface area contributed by atoms with Crippen LogP contribution in [0.2, 0.25) is 0 Å². The number of carbonyl (C=O) groups excluding carboxylic acids is 1. The van der Waals surface area contributed by atoms with Crippen molar-refractivity contribution in [1.29, 1.82) is 0 Å². The van der Waals surface area contributed by atoms with Crippen molar-refractivity contribution < 1.29 is 13.6 Å². The van der Waals surface area contributed by atoms with Crippen LogP contribution in [0.15, 0.2) is 71.3 Å². The summed E-state index contributed by atoms with van der Waals surface area (Å²) in [4.78, 5) is 17.9. The first kappa shape index (κ1) is 16.6. The Morgan fingerprint density at radius 1 is 1.16 bits per heavy atom. The molecule has 0 atom stereocenters. The van der Waals surface area contributed by atoms with Gasteiger partial charge in [0.25, 0.3) is 0 Å². The Bertz CT molecular complexity index is 887. The minimum Gasteiger partial charge on any atom is -0.457 e. The number of aromatic nitrogens is 1. The molecule has 2 heterocycles. The van der Waals surface area contributed by atoms with Gasteiger partial charge in [-0.1, -0.05) is 18.2 Å². The topological polar surface area (TPSA) is 46.3 Å². The molecule has 3 aromatic rings. The van der Waals surface area contributed by atoms with Gasteiger partial charge in [0.15, 0.2) is 0 Å². The van der Waals surface area contributed by atoms with Gasteiger partial charge in [-0.25, -0.2) is 4.39 Å². The maximum Gasteiger partial charge on any atom is 0.246 e. The number of amides is 1. The third kappa shape index (κ3) is 4.20. The fraction of sp³-hybridized carbons (Fsp3) is 0.100. The van der Waals surface area contributed by atoms with Crippen LogP contribution in [0.5, 0.6) is 0 Å². The maximum atomic E-state index is 13.8. The fourth-order valence-corrected chi connectivity index (χ4v) is 2.34. The number of furan rings is 1. The summed E-state index contributed by atoms with van der Waals surface area (Å²) in [7, 11) is 1.70. The molecular weight excluding hydrogens is 319 g/mol. The number of likely N-dealkylation sites (N-methyl/N-ethyl adjacent to an activating group) is 1. The lowest BCUT2D eigenvalue weighted by Crippen LogP contribution is -2.24. The number of carbonyl (C=O) groups is 1. The Labute approximate surface area is 145 Å². The highest BCUT2D eigenvalue weighted by molar-refractivity contribution is 5.91. The molecule has 0 spiro atoms. The molecule has 0 unspecified atom stereocenters. The number of nitrogens with zero attached hydrogens (tertiary/aromatic N) is 2. The van der Waals surface area contributed by atoms with E-state index in [0.717, 1.165) is 5.69 Å². The second-order valence-corrected chi connectivity index (χ2v) is 5.53. The van der Waals surface area contributed by atoms with Crippen molar-refractivity contribution in [3.05, 3.63) is 84.1 Å². The van der Waals surface area contributed by atoms with E-state index in [9.17, 15) is 9.18 Å². The summed E-state index contributed by atoms with van der Waals surface area (Å²) >= 11 is 0. The van der Waals surface area contributed by atoms with Crippen LogP contribution < -0.4 is 0 Å². The van der Waals surface area contributed by atoms with Gasteiger partial charge in [0.2, 0.25) is 5.91 Å². The fourth-order valence-electron chi connectivity index (χ4n) is 2.34. The quantitative estimate of drug-likeness (QED) is 0.658. The van der Waals surface area contributed by atoms with Gasteiger partial charge < -0.3 is 9.32 Å². The van der Waals surface area contributed by atoms with E-state index in [2.05, 4.69) is 4.98 Å². The Hall–Kier alpha value is -3.21. The molecular formula is C20H17FN2O2. The van der Waals surface area contributed by atoms with E-state index in [1.807, 2.05) is 18.2 Å². The van der Waals surface area contributed by atoms with Crippen molar-refractivity contribution in [3.8, 4) is 11.3 Å². The van der Waals surface area contributed by atoms with E-state index in [4.69, 9.17) is 4.42 Å². The van der Waals surface area contributed by atoms with Crippen LogP contribution in [0.1, 0.15) is 11.5 Å². The van der Waals surface area contributed by atoms with Gasteiger partial charge in [-0.2, -0.15) is 0 Å². The van der Waals surface area contributed by atoms with Crippen LogP contribution in [-0.2, 0) is 11.3 Å². The zero-order valence-electron chi connectivity index (χ0n) is 13.7. The van der Waals surface area contributed by atoms with Gasteiger partial charge in [-0.3, -0.25) is 9.78 Å². The predicted octanol–water partition coefficient (Wildman–Crippen LogP) is 4.15. The highest BCUT2D eigenvalue weighted by Crippen LogP contribution is 2.25. The molecule has 5 heteroatoms. The maximum absolute atomic E-state index is 13.8. The molecule has 1 amide bonds. The summed E-state index contributed by atoms with van der Waals surface area (Å²) in [6.45, 7) is 0.419. The van der Waals surface area contributed by atoms with E-state index in [0.29, 0.717) is 23.6 Å². The molecule has 0 aliphatic heterocycles. The van der Waals surface area contributed by atoms with Crippen LogP contribution in [0.4, 0.5) is 4.39 Å². The number of hydrogen-bond acceptors (Lipinski definition) is 3. The van der Waals surface area contributed by atoms with E-state index in [1.165, 1.54) is 12.1 Å². The van der Waals surface area contributed by atoms with E-state index < -0.39 is 0 Å². The van der Waals surface area contributed by atoms with Crippen molar-refractivity contribution in [1.82, 2.24) is 9.88 Å². The third-order valence-corrected chi connectivity index (χ3v) is 3.66. The molecule has 0 N–H and O–H groups in total. The smallest absolute Gasteiger partial charge is 0.246 e. The van der Waals surface area contributed by atoms with Crippen molar-refractivity contribution >= 4 is 12.0 Å². The zero-order chi connectivity index (χ0) is 17.6. The van der Waals surface area contributed by atoms with Crippen LogP contribution in [-0.4, -0.2) is 22.8 Å². The first-order valence-corrected chi connectivity index (χ1v) is 7.81. The molecule has 0 saturated heterocycles. The van der Waals surface area contributed by atoms with Crippen LogP contribution in [0.25, 0.3) is 17.4 Å². The molecule has 126 valence electrons. The second-order valence-electron chi connectivity index (χ2n) is 5.53. The first-order valence-electron chi connectivity index (χ1n) is 7.81. The van der Waals surface area contributed by atoms with Crippen LogP contribution >= 0.6 is 0 Å². The molecule has 1 aromatic carbocycles. The largest absolute Gasteiger partial charge is 0.457 e. The molecule has 0 radical (unpaired) electrons. The van der Waals surface area contributed by atoms with Crippen molar-refractivity contribution in [2.24, 2.45) is 0 Å². The molecule has 0 fully saturated rings. The summed E-state index contributed by atoms with van der Waals surface area (Å²) in [6.07, 6.45) is 4.69. The molecule has 0 saturated carbocycles. The van der Waals surface area contributed by atoms with Gasteiger partial charge >= 0.3 is 0 Å². The standard InChI is InChI=1S/C20H17FN2O2/c1-23(14-15-6-4-5-13-22-15)20(24)12-10-16-9-11-19(25-16)17-7-2-3-8-18(17)21/h2-13H,14H2,1H3/b12-10+. The molecule has 0 aliphatic carbocycles. The summed E-state index contributed by atoms with van der Waals surface area (Å²) in [5, 5.41) is 0. The zero-order valence-corrected chi connectivity index (χ0v) is 13.7. The Morgan fingerprint density at radius 2 is 1.96 bits per heavy atom. The molecule has 2 aromatic heterocycles. The summed E-state index contributed by atoms with van der Waals surface area (Å²) in [6, 6.07) is 15.3. The van der Waals surface area contributed by atoms with Gasteiger partial charge in [0.05, 0.1) is 17.8 Å². The third-order valence-electron chi connectivity index (χ3n) is 3.66. The van der Waals surface area contributed by atoms with Crippen molar-refractivity contribution in [3.63, 3.8) is 0 Å². The SMILES string of the molecule is CN(Cc1ccccn1)C(=O)/C=C/c1ccc(-c2ccccc2F)o1. The van der Waals surface area contributed by atoms with Crippen LogP contribution in [0.3, 0.4) is 0 Å². The highest BCUT2D eigenvalue weighted by atomic mass is 19.1. The summed E-state index contributed by atoms with van der Waals surface area (Å²) in [5.41, 5.74) is 1.20. The average molecular weight is 336 g/mol. The van der Waals surface area contributed by atoms with E-state index >= 15 is 0 Å². The lowest BCUT2D eigenvalue weighted by atomic mass is 10.1. The predicted molar refractivity (Wildman–Crippen MR) is 93.8 cm³/mol. The number of hydrogen-bond donors (Lipinski definition) is 0. The molecule has 0 aliphatic rings. The molecule has 3 rings (SSSR count). The number of halogens is 1. The minimum atomic E-state index is -0.349. The monoisotopic (exact) mass is 336 g/mol. The van der Waals surface area contributed by atoms with E-state index in [1.54, 1.807) is 54.6 Å². The Balaban J connectivity index is 1.66. The van der Waals surface area contributed by atoms with Gasteiger partial charge in [0.1, 0.15) is 17.3 Å². The summed E-state index contributed by atoms with van der Waals surface area (Å²) in [5.74, 6) is 0.387. The molecule has 25 heavy (non-hydrogen) atoms. The normalized spacial score (nSPS) is 11.0. The van der Waals surface area contributed by atoms with Crippen molar-refractivity contribution in [2.45, 2.75) is 6.54 Å². The Kier molecular flexibility index (Phi) is 5.04. The van der Waals surface area contributed by atoms with Gasteiger partial charge in [0, 0.05) is 19.3 Å². The second kappa shape index (κ2) is 7.57. The van der Waals surface area contributed by atoms with Gasteiger partial charge in [-0.05, 0) is 42.5 Å². The highest BCUT2D eigenvalue weighted by Gasteiger charge is 2.09. The van der Waals surface area contributed by atoms with Gasteiger partial charge in [-0.15, -0.1) is 0 Å². The number of rotatable bonds is 5. The lowest BCUT2D eigenvalue weighted by molar-refractivity contribution is -0.125.